The summed E-state index contributed by atoms with van der Waals surface area (Å²) in [7, 11) is 0. The van der Waals surface area contributed by atoms with Gasteiger partial charge in [0.15, 0.2) is 0 Å². The first-order chi connectivity index (χ1) is 12.2. The Morgan fingerprint density at radius 2 is 2.00 bits per heavy atom. The molecule has 2 saturated heterocycles. The maximum absolute atomic E-state index is 13.1. The molecule has 0 aliphatic carbocycles. The number of nitrogens with zero attached hydrogens (tertiary/aromatic N) is 2. The van der Waals surface area contributed by atoms with Crippen LogP contribution in [0.1, 0.15) is 43.0 Å². The van der Waals surface area contributed by atoms with Crippen molar-refractivity contribution >= 4 is 24.2 Å². The second-order valence-corrected chi connectivity index (χ2v) is 7.13. The summed E-state index contributed by atoms with van der Waals surface area (Å²) in [6.07, 6.45) is 3.79. The van der Waals surface area contributed by atoms with Gasteiger partial charge in [-0.3, -0.25) is 9.59 Å². The monoisotopic (exact) mass is 379 g/mol. The lowest BCUT2D eigenvalue weighted by Crippen LogP contribution is -2.50. The fourth-order valence-corrected chi connectivity index (χ4v) is 3.98. The number of carbonyl (C=O) groups excluding carboxylic acids is 2. The Morgan fingerprint density at radius 1 is 1.23 bits per heavy atom. The molecular formula is C20H30ClN3O2. The summed E-state index contributed by atoms with van der Waals surface area (Å²) in [5.41, 5.74) is 0.709. The van der Waals surface area contributed by atoms with Gasteiger partial charge < -0.3 is 15.1 Å². The summed E-state index contributed by atoms with van der Waals surface area (Å²) in [5, 5.41) is 3.36. The minimum Gasteiger partial charge on any atom is -0.338 e. The lowest BCUT2D eigenvalue weighted by Gasteiger charge is -2.37. The number of hydrogen-bond acceptors (Lipinski definition) is 3. The average Bonchev–Trinajstić information content (AvgIpc) is 3.20. The summed E-state index contributed by atoms with van der Waals surface area (Å²) in [6, 6.07) is 9.69. The summed E-state index contributed by atoms with van der Waals surface area (Å²) < 4.78 is 0. The van der Waals surface area contributed by atoms with Gasteiger partial charge in [0.25, 0.3) is 5.91 Å². The van der Waals surface area contributed by atoms with Gasteiger partial charge in [-0.2, -0.15) is 0 Å². The molecule has 5 nitrogen and oxygen atoms in total. The number of amides is 2. The Labute approximate surface area is 162 Å². The van der Waals surface area contributed by atoms with Crippen molar-refractivity contribution in [2.75, 3.05) is 32.7 Å². The smallest absolute Gasteiger partial charge is 0.253 e. The zero-order valence-corrected chi connectivity index (χ0v) is 16.3. The quantitative estimate of drug-likeness (QED) is 0.855. The first kappa shape index (κ1) is 20.7. The predicted octanol–water partition coefficient (Wildman–Crippen LogP) is 2.56. The Kier molecular flexibility index (Phi) is 7.91. The van der Waals surface area contributed by atoms with Gasteiger partial charge in [0.05, 0.1) is 5.92 Å². The summed E-state index contributed by atoms with van der Waals surface area (Å²) >= 11 is 0. The van der Waals surface area contributed by atoms with Crippen molar-refractivity contribution in [1.82, 2.24) is 15.1 Å². The largest absolute Gasteiger partial charge is 0.338 e. The van der Waals surface area contributed by atoms with Gasteiger partial charge in [0, 0.05) is 37.8 Å². The lowest BCUT2D eigenvalue weighted by molar-refractivity contribution is -0.139. The first-order valence-corrected chi connectivity index (χ1v) is 9.56. The zero-order chi connectivity index (χ0) is 17.6. The van der Waals surface area contributed by atoms with E-state index in [1.165, 1.54) is 0 Å². The number of benzene rings is 1. The van der Waals surface area contributed by atoms with E-state index in [0.717, 1.165) is 51.9 Å². The molecule has 26 heavy (non-hydrogen) atoms. The molecule has 2 amide bonds. The molecule has 1 N–H and O–H groups in total. The van der Waals surface area contributed by atoms with Crippen LogP contribution < -0.4 is 5.32 Å². The molecule has 0 bridgehead atoms. The summed E-state index contributed by atoms with van der Waals surface area (Å²) in [4.78, 5) is 29.8. The molecular weight excluding hydrogens is 350 g/mol. The molecule has 3 rings (SSSR count). The van der Waals surface area contributed by atoms with Crippen molar-refractivity contribution in [3.63, 3.8) is 0 Å². The van der Waals surface area contributed by atoms with Crippen LogP contribution >= 0.6 is 12.4 Å². The van der Waals surface area contributed by atoms with Crippen LogP contribution in [0, 0.1) is 5.92 Å². The van der Waals surface area contributed by atoms with E-state index in [0.29, 0.717) is 18.2 Å². The van der Waals surface area contributed by atoms with Crippen molar-refractivity contribution in [3.8, 4) is 0 Å². The van der Waals surface area contributed by atoms with E-state index in [2.05, 4.69) is 17.1 Å². The fourth-order valence-electron chi connectivity index (χ4n) is 3.98. The summed E-state index contributed by atoms with van der Waals surface area (Å²) in [5.74, 6) is 0.220. The van der Waals surface area contributed by atoms with E-state index in [9.17, 15) is 9.59 Å². The van der Waals surface area contributed by atoms with Crippen molar-refractivity contribution in [2.45, 2.75) is 38.6 Å². The number of rotatable bonds is 5. The average molecular weight is 380 g/mol. The van der Waals surface area contributed by atoms with E-state index >= 15 is 0 Å². The molecule has 2 aliphatic rings. The van der Waals surface area contributed by atoms with Crippen molar-refractivity contribution in [1.29, 1.82) is 0 Å². The van der Waals surface area contributed by atoms with Crippen molar-refractivity contribution < 1.29 is 9.59 Å². The maximum Gasteiger partial charge on any atom is 0.253 e. The van der Waals surface area contributed by atoms with Crippen LogP contribution in [0.5, 0.6) is 0 Å². The van der Waals surface area contributed by atoms with Gasteiger partial charge in [0.1, 0.15) is 0 Å². The number of likely N-dealkylation sites (tertiary alicyclic amines) is 1. The second-order valence-electron chi connectivity index (χ2n) is 7.13. The van der Waals surface area contributed by atoms with Crippen LogP contribution in [0.2, 0.25) is 0 Å². The van der Waals surface area contributed by atoms with Gasteiger partial charge in [0.2, 0.25) is 5.91 Å². The minimum absolute atomic E-state index is 0. The first-order valence-electron chi connectivity index (χ1n) is 9.56. The molecule has 0 spiro atoms. The zero-order valence-electron chi connectivity index (χ0n) is 15.5. The third kappa shape index (κ3) is 4.77. The third-order valence-corrected chi connectivity index (χ3v) is 5.30. The van der Waals surface area contributed by atoms with Crippen LogP contribution in [-0.4, -0.2) is 60.4 Å². The molecule has 0 aromatic heterocycles. The van der Waals surface area contributed by atoms with Crippen molar-refractivity contribution in [3.05, 3.63) is 35.9 Å². The fraction of sp³-hybridized carbons (Fsp3) is 0.600. The molecule has 0 saturated carbocycles. The van der Waals surface area contributed by atoms with Crippen LogP contribution in [-0.2, 0) is 4.79 Å². The number of piperidine rings is 1. The van der Waals surface area contributed by atoms with Gasteiger partial charge in [-0.05, 0) is 44.4 Å². The van der Waals surface area contributed by atoms with E-state index < -0.39 is 0 Å². The molecule has 1 aromatic rings. The van der Waals surface area contributed by atoms with Crippen LogP contribution in [0.4, 0.5) is 0 Å². The molecule has 2 aliphatic heterocycles. The van der Waals surface area contributed by atoms with Gasteiger partial charge >= 0.3 is 0 Å². The molecule has 0 radical (unpaired) electrons. The summed E-state index contributed by atoms with van der Waals surface area (Å²) in [6.45, 7) is 6.11. The minimum atomic E-state index is -0.0615. The molecule has 2 unspecified atom stereocenters. The van der Waals surface area contributed by atoms with E-state index in [1.54, 1.807) is 0 Å². The van der Waals surface area contributed by atoms with E-state index in [1.807, 2.05) is 35.2 Å². The highest BCUT2D eigenvalue weighted by atomic mass is 35.5. The second kappa shape index (κ2) is 9.93. The number of halogens is 1. The molecule has 2 heterocycles. The third-order valence-electron chi connectivity index (χ3n) is 5.30. The molecule has 1 aromatic carbocycles. The Morgan fingerprint density at radius 3 is 2.65 bits per heavy atom. The maximum atomic E-state index is 13.1. The van der Waals surface area contributed by atoms with E-state index in [4.69, 9.17) is 0 Å². The highest BCUT2D eigenvalue weighted by Gasteiger charge is 2.34. The number of nitrogens with one attached hydrogen (secondary N) is 1. The topological polar surface area (TPSA) is 52.7 Å². The van der Waals surface area contributed by atoms with Gasteiger partial charge in [-0.1, -0.05) is 25.1 Å². The molecule has 2 fully saturated rings. The van der Waals surface area contributed by atoms with Gasteiger partial charge in [-0.15, -0.1) is 12.4 Å². The molecule has 144 valence electrons. The van der Waals surface area contributed by atoms with Gasteiger partial charge in [-0.25, -0.2) is 0 Å². The Balaban J connectivity index is 0.00000243. The Bertz CT molecular complexity index is 590. The van der Waals surface area contributed by atoms with Crippen molar-refractivity contribution in [2.24, 2.45) is 5.92 Å². The van der Waals surface area contributed by atoms with E-state index in [-0.39, 0.29) is 30.1 Å². The van der Waals surface area contributed by atoms with Crippen LogP contribution in [0.15, 0.2) is 30.3 Å². The highest BCUT2D eigenvalue weighted by Crippen LogP contribution is 2.23. The Hall–Kier alpha value is -1.59. The van der Waals surface area contributed by atoms with Crippen LogP contribution in [0.3, 0.4) is 0 Å². The standard InChI is InChI=1S/C20H29N3O2.ClH/c1-2-12-23(18-10-11-21-14-18)20(25)17-9-6-13-22(15-17)19(24)16-7-4-3-5-8-16;/h3-5,7-8,17-18,21H,2,6,9-15H2,1H3;1H. The number of hydrogen-bond donors (Lipinski definition) is 1. The normalized spacial score (nSPS) is 22.6. The van der Waals surface area contributed by atoms with Crippen LogP contribution in [0.25, 0.3) is 0 Å². The SMILES string of the molecule is CCCN(C(=O)C1CCCN(C(=O)c2ccccc2)C1)C1CCNC1.Cl. The molecule has 6 heteroatoms. The highest BCUT2D eigenvalue weighted by molar-refractivity contribution is 5.94. The molecule has 2 atom stereocenters. The number of carbonyl (C=O) groups is 2. The predicted molar refractivity (Wildman–Crippen MR) is 106 cm³/mol. The lowest BCUT2D eigenvalue weighted by atomic mass is 9.95.